The third kappa shape index (κ3) is 3.64. The van der Waals surface area contributed by atoms with Gasteiger partial charge in [0.2, 0.25) is 5.91 Å². The first kappa shape index (κ1) is 11.5. The Morgan fingerprint density at radius 1 is 1.71 bits per heavy atom. The van der Waals surface area contributed by atoms with Gasteiger partial charge in [-0.15, -0.1) is 0 Å². The standard InChI is InChI=1S/C10H20N2O2/c1-7(10(11)13)6-12-9-3-4-14-8(2)5-9/h7-9,12H,3-6H2,1-2H3,(H2,11,13). The highest BCUT2D eigenvalue weighted by molar-refractivity contribution is 5.76. The van der Waals surface area contributed by atoms with E-state index in [1.165, 1.54) is 0 Å². The minimum absolute atomic E-state index is 0.0897. The average Bonchev–Trinajstić information content (AvgIpc) is 2.14. The second kappa shape index (κ2) is 5.32. The lowest BCUT2D eigenvalue weighted by molar-refractivity contribution is -0.121. The minimum Gasteiger partial charge on any atom is -0.378 e. The summed E-state index contributed by atoms with van der Waals surface area (Å²) >= 11 is 0. The van der Waals surface area contributed by atoms with Crippen LogP contribution in [0.2, 0.25) is 0 Å². The van der Waals surface area contributed by atoms with Gasteiger partial charge >= 0.3 is 0 Å². The molecule has 0 spiro atoms. The highest BCUT2D eigenvalue weighted by Gasteiger charge is 2.19. The SMILES string of the molecule is CC1CC(NCC(C)C(N)=O)CCO1. The van der Waals surface area contributed by atoms with Crippen LogP contribution in [0.4, 0.5) is 0 Å². The lowest BCUT2D eigenvalue weighted by atomic mass is 10.0. The quantitative estimate of drug-likeness (QED) is 0.684. The molecule has 0 bridgehead atoms. The van der Waals surface area contributed by atoms with E-state index in [0.29, 0.717) is 18.7 Å². The first-order valence-electron chi connectivity index (χ1n) is 5.24. The van der Waals surface area contributed by atoms with Crippen molar-refractivity contribution in [3.63, 3.8) is 0 Å². The van der Waals surface area contributed by atoms with Gasteiger partial charge in [0, 0.05) is 25.1 Å². The van der Waals surface area contributed by atoms with Crippen LogP contribution in [0.5, 0.6) is 0 Å². The van der Waals surface area contributed by atoms with E-state index in [1.807, 2.05) is 6.92 Å². The highest BCUT2D eigenvalue weighted by atomic mass is 16.5. The van der Waals surface area contributed by atoms with E-state index in [-0.39, 0.29) is 11.8 Å². The van der Waals surface area contributed by atoms with Gasteiger partial charge < -0.3 is 15.8 Å². The molecule has 3 atom stereocenters. The number of ether oxygens (including phenoxy) is 1. The molecule has 1 amide bonds. The molecule has 14 heavy (non-hydrogen) atoms. The van der Waals surface area contributed by atoms with Gasteiger partial charge in [-0.05, 0) is 19.8 Å². The fourth-order valence-electron chi connectivity index (χ4n) is 1.63. The number of primary amides is 1. The van der Waals surface area contributed by atoms with E-state index in [9.17, 15) is 4.79 Å². The lowest BCUT2D eigenvalue weighted by Gasteiger charge is -2.28. The fourth-order valence-corrected chi connectivity index (χ4v) is 1.63. The summed E-state index contributed by atoms with van der Waals surface area (Å²) in [6.07, 6.45) is 2.37. The number of carbonyl (C=O) groups is 1. The molecule has 1 aliphatic rings. The fraction of sp³-hybridized carbons (Fsp3) is 0.900. The Kier molecular flexibility index (Phi) is 4.35. The van der Waals surface area contributed by atoms with E-state index >= 15 is 0 Å². The molecule has 1 rings (SSSR count). The molecular formula is C10H20N2O2. The third-order valence-electron chi connectivity index (χ3n) is 2.68. The molecule has 0 saturated carbocycles. The Morgan fingerprint density at radius 3 is 3.00 bits per heavy atom. The molecule has 1 heterocycles. The van der Waals surface area contributed by atoms with Crippen molar-refractivity contribution in [3.8, 4) is 0 Å². The number of nitrogens with one attached hydrogen (secondary N) is 1. The van der Waals surface area contributed by atoms with Crippen molar-refractivity contribution in [1.82, 2.24) is 5.32 Å². The van der Waals surface area contributed by atoms with Crippen molar-refractivity contribution >= 4 is 5.91 Å². The van der Waals surface area contributed by atoms with Gasteiger partial charge in [0.15, 0.2) is 0 Å². The van der Waals surface area contributed by atoms with E-state index in [0.717, 1.165) is 19.4 Å². The smallest absolute Gasteiger partial charge is 0.221 e. The summed E-state index contributed by atoms with van der Waals surface area (Å²) in [6.45, 7) is 5.40. The Labute approximate surface area is 85.2 Å². The molecule has 4 nitrogen and oxygen atoms in total. The van der Waals surface area contributed by atoms with Crippen molar-refractivity contribution < 1.29 is 9.53 Å². The number of carbonyl (C=O) groups excluding carboxylic acids is 1. The molecule has 82 valence electrons. The number of nitrogens with two attached hydrogens (primary N) is 1. The molecule has 1 saturated heterocycles. The third-order valence-corrected chi connectivity index (χ3v) is 2.68. The predicted octanol–water partition coefficient (Wildman–Crippen LogP) is 0.265. The van der Waals surface area contributed by atoms with Crippen molar-refractivity contribution in [3.05, 3.63) is 0 Å². The summed E-state index contributed by atoms with van der Waals surface area (Å²) in [5, 5.41) is 3.35. The predicted molar refractivity (Wildman–Crippen MR) is 54.8 cm³/mol. The first-order chi connectivity index (χ1) is 6.59. The van der Waals surface area contributed by atoms with Crippen LogP contribution >= 0.6 is 0 Å². The lowest BCUT2D eigenvalue weighted by Crippen LogP contribution is -2.41. The van der Waals surface area contributed by atoms with Gasteiger partial charge in [-0.3, -0.25) is 4.79 Å². The summed E-state index contributed by atoms with van der Waals surface area (Å²) in [6, 6.07) is 0.473. The second-order valence-corrected chi connectivity index (χ2v) is 4.11. The molecule has 0 aliphatic carbocycles. The Morgan fingerprint density at radius 2 is 2.43 bits per heavy atom. The maximum atomic E-state index is 10.8. The van der Waals surface area contributed by atoms with Crippen LogP contribution in [0, 0.1) is 5.92 Å². The molecule has 1 fully saturated rings. The summed E-state index contributed by atoms with van der Waals surface area (Å²) < 4.78 is 5.43. The molecular weight excluding hydrogens is 180 g/mol. The van der Waals surface area contributed by atoms with Crippen LogP contribution in [0.1, 0.15) is 26.7 Å². The summed E-state index contributed by atoms with van der Waals surface area (Å²) in [7, 11) is 0. The first-order valence-corrected chi connectivity index (χ1v) is 5.24. The Bertz CT molecular complexity index is 197. The van der Waals surface area contributed by atoms with E-state index < -0.39 is 0 Å². The van der Waals surface area contributed by atoms with Crippen molar-refractivity contribution in [1.29, 1.82) is 0 Å². The average molecular weight is 200 g/mol. The molecule has 0 aromatic carbocycles. The number of hydrogen-bond donors (Lipinski definition) is 2. The summed E-state index contributed by atoms with van der Waals surface area (Å²) in [4.78, 5) is 10.8. The van der Waals surface area contributed by atoms with Gasteiger partial charge in [-0.2, -0.15) is 0 Å². The number of amides is 1. The molecule has 0 aromatic heterocycles. The highest BCUT2D eigenvalue weighted by Crippen LogP contribution is 2.13. The molecule has 3 unspecified atom stereocenters. The van der Waals surface area contributed by atoms with E-state index in [4.69, 9.17) is 10.5 Å². The Balaban J connectivity index is 2.20. The van der Waals surface area contributed by atoms with Crippen molar-refractivity contribution in [2.45, 2.75) is 38.8 Å². The van der Waals surface area contributed by atoms with Gasteiger partial charge in [0.1, 0.15) is 0 Å². The summed E-state index contributed by atoms with van der Waals surface area (Å²) in [5.41, 5.74) is 5.18. The van der Waals surface area contributed by atoms with E-state index in [1.54, 1.807) is 0 Å². The topological polar surface area (TPSA) is 64.3 Å². The minimum atomic E-state index is -0.238. The van der Waals surface area contributed by atoms with Crippen LogP contribution in [-0.2, 0) is 9.53 Å². The Hall–Kier alpha value is -0.610. The molecule has 1 aliphatic heterocycles. The zero-order chi connectivity index (χ0) is 10.6. The van der Waals surface area contributed by atoms with E-state index in [2.05, 4.69) is 12.2 Å². The van der Waals surface area contributed by atoms with Crippen LogP contribution in [0.25, 0.3) is 0 Å². The second-order valence-electron chi connectivity index (χ2n) is 4.11. The molecule has 3 N–H and O–H groups in total. The largest absolute Gasteiger partial charge is 0.378 e. The van der Waals surface area contributed by atoms with Crippen molar-refractivity contribution in [2.75, 3.05) is 13.2 Å². The van der Waals surface area contributed by atoms with Crippen LogP contribution in [-0.4, -0.2) is 31.2 Å². The van der Waals surface area contributed by atoms with Gasteiger partial charge in [0.05, 0.1) is 6.10 Å². The summed E-state index contributed by atoms with van der Waals surface area (Å²) in [5.74, 6) is -0.328. The van der Waals surface area contributed by atoms with Crippen molar-refractivity contribution in [2.24, 2.45) is 11.7 Å². The number of rotatable bonds is 4. The zero-order valence-corrected chi connectivity index (χ0v) is 8.95. The molecule has 0 radical (unpaired) electrons. The maximum Gasteiger partial charge on any atom is 0.221 e. The normalized spacial score (nSPS) is 29.9. The van der Waals surface area contributed by atoms with Crippen LogP contribution in [0.3, 0.4) is 0 Å². The zero-order valence-electron chi connectivity index (χ0n) is 8.95. The molecule has 4 heteroatoms. The van der Waals surface area contributed by atoms with Crippen LogP contribution in [0.15, 0.2) is 0 Å². The van der Waals surface area contributed by atoms with Gasteiger partial charge in [-0.1, -0.05) is 6.92 Å². The van der Waals surface area contributed by atoms with Gasteiger partial charge in [0.25, 0.3) is 0 Å². The maximum absolute atomic E-state index is 10.8. The number of hydrogen-bond acceptors (Lipinski definition) is 3. The van der Waals surface area contributed by atoms with Crippen LogP contribution < -0.4 is 11.1 Å². The molecule has 0 aromatic rings. The monoisotopic (exact) mass is 200 g/mol. The van der Waals surface area contributed by atoms with Gasteiger partial charge in [-0.25, -0.2) is 0 Å².